The molecule has 0 radical (unpaired) electrons. The summed E-state index contributed by atoms with van der Waals surface area (Å²) in [5.41, 5.74) is -0.311. The minimum atomic E-state index is -0.311. The molecule has 2 heteroatoms. The summed E-state index contributed by atoms with van der Waals surface area (Å²) in [6.45, 7) is 2.25. The van der Waals surface area contributed by atoms with Crippen molar-refractivity contribution in [3.8, 4) is 0 Å². The van der Waals surface area contributed by atoms with Gasteiger partial charge in [0.05, 0.1) is 5.60 Å². The fraction of sp³-hybridized carbons (Fsp3) is 1.00. The molecule has 82 valence electrons. The van der Waals surface area contributed by atoms with E-state index in [-0.39, 0.29) is 5.60 Å². The first-order valence-electron chi connectivity index (χ1n) is 6.05. The maximum absolute atomic E-state index is 10.6. The molecule has 1 saturated carbocycles. The van der Waals surface area contributed by atoms with E-state index in [1.807, 2.05) is 11.8 Å². The monoisotopic (exact) mass is 214 g/mol. The van der Waals surface area contributed by atoms with Crippen molar-refractivity contribution in [2.45, 2.75) is 62.7 Å². The molecule has 1 heterocycles. The van der Waals surface area contributed by atoms with Crippen LogP contribution in [-0.4, -0.2) is 21.7 Å². The molecule has 0 amide bonds. The van der Waals surface area contributed by atoms with Crippen LogP contribution in [0.5, 0.6) is 0 Å². The third-order valence-electron chi connectivity index (χ3n) is 3.87. The van der Waals surface area contributed by atoms with E-state index in [4.69, 9.17) is 0 Å². The largest absolute Gasteiger partial charge is 0.389 e. The van der Waals surface area contributed by atoms with Gasteiger partial charge in [-0.05, 0) is 25.2 Å². The van der Waals surface area contributed by atoms with Gasteiger partial charge < -0.3 is 5.11 Å². The molecule has 0 aromatic heterocycles. The molecule has 0 spiro atoms. The lowest BCUT2D eigenvalue weighted by molar-refractivity contribution is -0.00362. The summed E-state index contributed by atoms with van der Waals surface area (Å²) in [6, 6.07) is 0. The van der Waals surface area contributed by atoms with Gasteiger partial charge in [0.15, 0.2) is 0 Å². The molecule has 2 aliphatic rings. The van der Waals surface area contributed by atoms with Gasteiger partial charge in [-0.3, -0.25) is 0 Å². The summed E-state index contributed by atoms with van der Waals surface area (Å²) in [5.74, 6) is 1.58. The smallest absolute Gasteiger partial charge is 0.0776 e. The number of aliphatic hydroxyl groups is 1. The normalized spacial score (nSPS) is 41.1. The molecule has 1 aliphatic heterocycles. The van der Waals surface area contributed by atoms with Crippen molar-refractivity contribution >= 4 is 11.8 Å². The third-order valence-corrected chi connectivity index (χ3v) is 5.28. The summed E-state index contributed by atoms with van der Waals surface area (Å²) in [7, 11) is 0. The SMILES string of the molecule is CC1CC(O)(C2CCCCCC2)CS1. The van der Waals surface area contributed by atoms with Gasteiger partial charge in [-0.1, -0.05) is 32.6 Å². The molecule has 14 heavy (non-hydrogen) atoms. The maximum Gasteiger partial charge on any atom is 0.0776 e. The Balaban J connectivity index is 1.97. The van der Waals surface area contributed by atoms with Crippen molar-refractivity contribution in [2.75, 3.05) is 5.75 Å². The van der Waals surface area contributed by atoms with Gasteiger partial charge in [0, 0.05) is 11.0 Å². The molecule has 0 bridgehead atoms. The van der Waals surface area contributed by atoms with Crippen LogP contribution in [0.4, 0.5) is 0 Å². The van der Waals surface area contributed by atoms with Crippen molar-refractivity contribution in [3.05, 3.63) is 0 Å². The zero-order valence-electron chi connectivity index (χ0n) is 9.17. The Morgan fingerprint density at radius 1 is 1.14 bits per heavy atom. The van der Waals surface area contributed by atoms with E-state index in [1.165, 1.54) is 38.5 Å². The molecule has 2 unspecified atom stereocenters. The Bertz CT molecular complexity index is 187. The molecular weight excluding hydrogens is 192 g/mol. The van der Waals surface area contributed by atoms with Crippen LogP contribution in [0.2, 0.25) is 0 Å². The van der Waals surface area contributed by atoms with Crippen LogP contribution >= 0.6 is 11.8 Å². The van der Waals surface area contributed by atoms with Crippen LogP contribution in [0.3, 0.4) is 0 Å². The second kappa shape index (κ2) is 4.44. The first-order chi connectivity index (χ1) is 6.71. The predicted octanol–water partition coefficient (Wildman–Crippen LogP) is 3.21. The van der Waals surface area contributed by atoms with Crippen LogP contribution in [0, 0.1) is 5.92 Å². The molecule has 2 fully saturated rings. The molecule has 2 atom stereocenters. The average molecular weight is 214 g/mol. The zero-order chi connectivity index (χ0) is 10.0. The van der Waals surface area contributed by atoms with Gasteiger partial charge in [-0.2, -0.15) is 11.8 Å². The van der Waals surface area contributed by atoms with E-state index in [0.717, 1.165) is 12.2 Å². The van der Waals surface area contributed by atoms with Gasteiger partial charge in [0.25, 0.3) is 0 Å². The average Bonchev–Trinajstić information content (AvgIpc) is 2.45. The summed E-state index contributed by atoms with van der Waals surface area (Å²) >= 11 is 1.95. The fourth-order valence-electron chi connectivity index (χ4n) is 3.00. The van der Waals surface area contributed by atoms with Crippen molar-refractivity contribution < 1.29 is 5.11 Å². The summed E-state index contributed by atoms with van der Waals surface area (Å²) in [4.78, 5) is 0. The minimum Gasteiger partial charge on any atom is -0.389 e. The van der Waals surface area contributed by atoms with Crippen LogP contribution in [0.25, 0.3) is 0 Å². The second-order valence-electron chi connectivity index (χ2n) is 5.12. The van der Waals surface area contributed by atoms with E-state index in [2.05, 4.69) is 6.92 Å². The minimum absolute atomic E-state index is 0.311. The van der Waals surface area contributed by atoms with E-state index >= 15 is 0 Å². The highest BCUT2D eigenvalue weighted by molar-refractivity contribution is 8.00. The third kappa shape index (κ3) is 2.27. The van der Waals surface area contributed by atoms with Gasteiger partial charge in [0.2, 0.25) is 0 Å². The molecular formula is C12H22OS. The van der Waals surface area contributed by atoms with Crippen molar-refractivity contribution in [3.63, 3.8) is 0 Å². The van der Waals surface area contributed by atoms with Crippen LogP contribution < -0.4 is 0 Å². The molecule has 0 aromatic rings. The van der Waals surface area contributed by atoms with Gasteiger partial charge >= 0.3 is 0 Å². The topological polar surface area (TPSA) is 20.2 Å². The highest BCUT2D eigenvalue weighted by Crippen LogP contribution is 2.43. The molecule has 1 aliphatic carbocycles. The Labute approximate surface area is 91.7 Å². The Hall–Kier alpha value is 0.310. The first-order valence-corrected chi connectivity index (χ1v) is 7.09. The Morgan fingerprint density at radius 3 is 2.29 bits per heavy atom. The predicted molar refractivity (Wildman–Crippen MR) is 62.7 cm³/mol. The number of hydrogen-bond acceptors (Lipinski definition) is 2. The molecule has 1 nitrogen and oxygen atoms in total. The lowest BCUT2D eigenvalue weighted by atomic mass is 9.80. The molecule has 1 saturated heterocycles. The van der Waals surface area contributed by atoms with Crippen LogP contribution in [0.15, 0.2) is 0 Å². The summed E-state index contributed by atoms with van der Waals surface area (Å²) in [5, 5.41) is 11.3. The van der Waals surface area contributed by atoms with Crippen molar-refractivity contribution in [1.29, 1.82) is 0 Å². The first kappa shape index (κ1) is 10.8. The van der Waals surface area contributed by atoms with Gasteiger partial charge in [-0.15, -0.1) is 0 Å². The van der Waals surface area contributed by atoms with Gasteiger partial charge in [-0.25, -0.2) is 0 Å². The van der Waals surface area contributed by atoms with Crippen LogP contribution in [0.1, 0.15) is 51.9 Å². The quantitative estimate of drug-likeness (QED) is 0.676. The Morgan fingerprint density at radius 2 is 1.79 bits per heavy atom. The van der Waals surface area contributed by atoms with E-state index in [1.54, 1.807) is 0 Å². The Kier molecular flexibility index (Phi) is 3.43. The molecule has 0 aromatic carbocycles. The standard InChI is InChI=1S/C12H22OS/c1-10-8-12(13,9-14-10)11-6-4-2-3-5-7-11/h10-11,13H,2-9H2,1H3. The van der Waals surface area contributed by atoms with Crippen molar-refractivity contribution in [1.82, 2.24) is 0 Å². The molecule has 1 N–H and O–H groups in total. The maximum atomic E-state index is 10.6. The summed E-state index contributed by atoms with van der Waals surface area (Å²) in [6.07, 6.45) is 9.01. The second-order valence-corrected chi connectivity index (χ2v) is 6.54. The number of thioether (sulfide) groups is 1. The highest BCUT2D eigenvalue weighted by atomic mass is 32.2. The van der Waals surface area contributed by atoms with Crippen molar-refractivity contribution in [2.24, 2.45) is 5.92 Å². The summed E-state index contributed by atoms with van der Waals surface area (Å²) < 4.78 is 0. The van der Waals surface area contributed by atoms with E-state index in [0.29, 0.717) is 11.2 Å². The van der Waals surface area contributed by atoms with E-state index < -0.39 is 0 Å². The number of hydrogen-bond donors (Lipinski definition) is 1. The molecule has 2 rings (SSSR count). The van der Waals surface area contributed by atoms with Crippen LogP contribution in [-0.2, 0) is 0 Å². The highest BCUT2D eigenvalue weighted by Gasteiger charge is 2.42. The number of rotatable bonds is 1. The fourth-order valence-corrected chi connectivity index (χ4v) is 4.34. The lowest BCUT2D eigenvalue weighted by Crippen LogP contribution is -2.38. The van der Waals surface area contributed by atoms with Gasteiger partial charge in [0.1, 0.15) is 0 Å². The zero-order valence-corrected chi connectivity index (χ0v) is 9.98. The van der Waals surface area contributed by atoms with E-state index in [9.17, 15) is 5.11 Å². The lowest BCUT2D eigenvalue weighted by Gasteiger charge is -2.31.